The molecule has 0 spiro atoms. The zero-order chi connectivity index (χ0) is 16.3. The summed E-state index contributed by atoms with van der Waals surface area (Å²) < 4.78 is 0. The highest BCUT2D eigenvalue weighted by molar-refractivity contribution is 5.83. The van der Waals surface area contributed by atoms with Crippen molar-refractivity contribution in [2.45, 2.75) is 39.5 Å². The predicted molar refractivity (Wildman–Crippen MR) is 89.0 cm³/mol. The standard InChI is InChI=1S/C18H25N3O/c1-12(16-9-7-6-8-10-16)11-21(5)18(22)13(2)17-14(3)19-20-15(17)4/h6-10,12-13H,11H2,1-5H3,(H,19,20)/t12-,13-/m0/s1. The molecule has 1 aromatic carbocycles. The first-order valence-electron chi connectivity index (χ1n) is 7.73. The van der Waals surface area contributed by atoms with Crippen LogP contribution in [0.2, 0.25) is 0 Å². The average Bonchev–Trinajstić information content (AvgIpc) is 2.85. The largest absolute Gasteiger partial charge is 0.345 e. The number of aromatic amines is 1. The minimum absolute atomic E-state index is 0.135. The number of nitrogens with zero attached hydrogens (tertiary/aromatic N) is 2. The summed E-state index contributed by atoms with van der Waals surface area (Å²) in [7, 11) is 1.88. The lowest BCUT2D eigenvalue weighted by Gasteiger charge is -2.25. The summed E-state index contributed by atoms with van der Waals surface area (Å²) in [6, 6.07) is 10.3. The molecule has 4 heteroatoms. The lowest BCUT2D eigenvalue weighted by molar-refractivity contribution is -0.131. The molecule has 2 rings (SSSR count). The molecule has 2 atom stereocenters. The van der Waals surface area contributed by atoms with E-state index in [-0.39, 0.29) is 11.8 Å². The van der Waals surface area contributed by atoms with E-state index in [1.807, 2.05) is 50.9 Å². The van der Waals surface area contributed by atoms with Gasteiger partial charge < -0.3 is 4.90 Å². The number of aromatic nitrogens is 2. The SMILES string of the molecule is Cc1n[nH]c(C)c1[C@H](C)C(=O)N(C)C[C@H](C)c1ccccc1. The molecule has 0 aliphatic heterocycles. The van der Waals surface area contributed by atoms with E-state index in [2.05, 4.69) is 29.3 Å². The van der Waals surface area contributed by atoms with E-state index in [1.54, 1.807) is 0 Å². The van der Waals surface area contributed by atoms with Gasteiger partial charge in [-0.25, -0.2) is 0 Å². The van der Waals surface area contributed by atoms with Gasteiger partial charge in [0, 0.05) is 24.8 Å². The minimum atomic E-state index is -0.174. The van der Waals surface area contributed by atoms with Crippen LogP contribution in [0.5, 0.6) is 0 Å². The fraction of sp³-hybridized carbons (Fsp3) is 0.444. The van der Waals surface area contributed by atoms with Crippen molar-refractivity contribution in [3.05, 3.63) is 52.8 Å². The second kappa shape index (κ2) is 6.77. The maximum absolute atomic E-state index is 12.7. The summed E-state index contributed by atoms with van der Waals surface area (Å²) in [5, 5.41) is 7.15. The molecule has 1 aromatic heterocycles. The first kappa shape index (κ1) is 16.3. The first-order chi connectivity index (χ1) is 10.4. The van der Waals surface area contributed by atoms with Crippen LogP contribution in [0.25, 0.3) is 0 Å². The van der Waals surface area contributed by atoms with E-state index in [4.69, 9.17) is 0 Å². The Kier molecular flexibility index (Phi) is 5.01. The number of nitrogens with one attached hydrogen (secondary N) is 1. The van der Waals surface area contributed by atoms with Gasteiger partial charge in [-0.1, -0.05) is 37.3 Å². The molecule has 0 bridgehead atoms. The normalized spacial score (nSPS) is 13.7. The maximum Gasteiger partial charge on any atom is 0.229 e. The second-order valence-corrected chi connectivity index (χ2v) is 6.10. The summed E-state index contributed by atoms with van der Waals surface area (Å²) >= 11 is 0. The van der Waals surface area contributed by atoms with Gasteiger partial charge in [-0.3, -0.25) is 9.89 Å². The van der Waals surface area contributed by atoms with Gasteiger partial charge in [-0.05, 0) is 32.3 Å². The molecule has 4 nitrogen and oxygen atoms in total. The fourth-order valence-electron chi connectivity index (χ4n) is 3.04. The second-order valence-electron chi connectivity index (χ2n) is 6.10. The number of carbonyl (C=O) groups is 1. The predicted octanol–water partition coefficient (Wildman–Crippen LogP) is 3.39. The average molecular weight is 299 g/mol. The number of likely N-dealkylation sites (N-methyl/N-ethyl adjacent to an activating group) is 1. The van der Waals surface area contributed by atoms with Crippen molar-refractivity contribution in [1.82, 2.24) is 15.1 Å². The highest BCUT2D eigenvalue weighted by Gasteiger charge is 2.25. The molecular weight excluding hydrogens is 274 g/mol. The van der Waals surface area contributed by atoms with Crippen molar-refractivity contribution in [3.63, 3.8) is 0 Å². The van der Waals surface area contributed by atoms with Gasteiger partial charge in [-0.2, -0.15) is 5.10 Å². The van der Waals surface area contributed by atoms with E-state index in [0.29, 0.717) is 12.5 Å². The monoisotopic (exact) mass is 299 g/mol. The number of carbonyl (C=O) groups excluding carboxylic acids is 1. The smallest absolute Gasteiger partial charge is 0.229 e. The topological polar surface area (TPSA) is 49.0 Å². The number of rotatable bonds is 5. The van der Waals surface area contributed by atoms with Crippen molar-refractivity contribution >= 4 is 5.91 Å². The molecular formula is C18H25N3O. The summed E-state index contributed by atoms with van der Waals surface area (Å²) in [6.07, 6.45) is 0. The van der Waals surface area contributed by atoms with Gasteiger partial charge in [0.15, 0.2) is 0 Å². The Morgan fingerprint density at radius 1 is 1.23 bits per heavy atom. The molecule has 0 saturated carbocycles. The highest BCUT2D eigenvalue weighted by Crippen LogP contribution is 2.24. The molecule has 118 valence electrons. The third-order valence-corrected chi connectivity index (χ3v) is 4.28. The Hall–Kier alpha value is -2.10. The molecule has 0 radical (unpaired) electrons. The third-order valence-electron chi connectivity index (χ3n) is 4.28. The molecule has 0 unspecified atom stereocenters. The van der Waals surface area contributed by atoms with Crippen LogP contribution in [-0.2, 0) is 4.79 Å². The zero-order valence-electron chi connectivity index (χ0n) is 14.1. The Bertz CT molecular complexity index is 614. The molecule has 1 N–H and O–H groups in total. The lowest BCUT2D eigenvalue weighted by atomic mass is 9.96. The van der Waals surface area contributed by atoms with Crippen molar-refractivity contribution in [1.29, 1.82) is 0 Å². The van der Waals surface area contributed by atoms with Gasteiger partial charge in [0.25, 0.3) is 0 Å². The van der Waals surface area contributed by atoms with Gasteiger partial charge >= 0.3 is 0 Å². The van der Waals surface area contributed by atoms with Crippen LogP contribution in [0, 0.1) is 13.8 Å². The Morgan fingerprint density at radius 3 is 2.41 bits per heavy atom. The zero-order valence-corrected chi connectivity index (χ0v) is 14.1. The molecule has 0 aliphatic rings. The quantitative estimate of drug-likeness (QED) is 0.920. The summed E-state index contributed by atoms with van der Waals surface area (Å²) in [6.45, 7) is 8.72. The van der Waals surface area contributed by atoms with Crippen LogP contribution in [0.4, 0.5) is 0 Å². The molecule has 0 aliphatic carbocycles. The van der Waals surface area contributed by atoms with Gasteiger partial charge in [0.05, 0.1) is 11.6 Å². The first-order valence-corrected chi connectivity index (χ1v) is 7.73. The number of hydrogen-bond acceptors (Lipinski definition) is 2. The Balaban J connectivity index is 2.06. The van der Waals surface area contributed by atoms with E-state index in [1.165, 1.54) is 5.56 Å². The molecule has 2 aromatic rings. The van der Waals surface area contributed by atoms with Crippen LogP contribution in [0.15, 0.2) is 30.3 Å². The van der Waals surface area contributed by atoms with Crippen molar-refractivity contribution in [3.8, 4) is 0 Å². The number of H-pyrrole nitrogens is 1. The van der Waals surface area contributed by atoms with E-state index < -0.39 is 0 Å². The van der Waals surface area contributed by atoms with Crippen molar-refractivity contribution in [2.24, 2.45) is 0 Å². The van der Waals surface area contributed by atoms with Gasteiger partial charge in [0.1, 0.15) is 0 Å². The number of benzene rings is 1. The fourth-order valence-corrected chi connectivity index (χ4v) is 3.04. The van der Waals surface area contributed by atoms with E-state index in [0.717, 1.165) is 17.0 Å². The summed E-state index contributed by atoms with van der Waals surface area (Å²) in [4.78, 5) is 14.5. The van der Waals surface area contributed by atoms with Crippen LogP contribution >= 0.6 is 0 Å². The molecule has 1 heterocycles. The number of amides is 1. The van der Waals surface area contributed by atoms with Gasteiger partial charge in [0.2, 0.25) is 5.91 Å². The number of hydrogen-bond donors (Lipinski definition) is 1. The minimum Gasteiger partial charge on any atom is -0.345 e. The molecule has 22 heavy (non-hydrogen) atoms. The van der Waals surface area contributed by atoms with Crippen molar-refractivity contribution < 1.29 is 4.79 Å². The van der Waals surface area contributed by atoms with Crippen LogP contribution in [0.3, 0.4) is 0 Å². The summed E-state index contributed by atoms with van der Waals surface area (Å²) in [5.74, 6) is 0.274. The van der Waals surface area contributed by atoms with Gasteiger partial charge in [-0.15, -0.1) is 0 Å². The Morgan fingerprint density at radius 2 is 1.86 bits per heavy atom. The lowest BCUT2D eigenvalue weighted by Crippen LogP contribution is -2.33. The maximum atomic E-state index is 12.7. The summed E-state index contributed by atoms with van der Waals surface area (Å²) in [5.41, 5.74) is 4.15. The van der Waals surface area contributed by atoms with Crippen LogP contribution in [-0.4, -0.2) is 34.6 Å². The van der Waals surface area contributed by atoms with E-state index >= 15 is 0 Å². The van der Waals surface area contributed by atoms with E-state index in [9.17, 15) is 4.79 Å². The molecule has 0 fully saturated rings. The number of aryl methyl sites for hydroxylation is 2. The molecule has 1 amide bonds. The Labute approximate surface area is 132 Å². The van der Waals surface area contributed by atoms with Crippen LogP contribution in [0.1, 0.15) is 48.2 Å². The third kappa shape index (κ3) is 3.38. The highest BCUT2D eigenvalue weighted by atomic mass is 16.2. The van der Waals surface area contributed by atoms with Crippen LogP contribution < -0.4 is 0 Å². The molecule has 0 saturated heterocycles. The van der Waals surface area contributed by atoms with Crippen molar-refractivity contribution in [2.75, 3.05) is 13.6 Å².